The molecule has 0 saturated carbocycles. The van der Waals surface area contributed by atoms with Crippen molar-refractivity contribution in [1.82, 2.24) is 4.90 Å². The zero-order valence-corrected chi connectivity index (χ0v) is 19.9. The highest BCUT2D eigenvalue weighted by Crippen LogP contribution is 2.47. The molecule has 33 heavy (non-hydrogen) atoms. The predicted molar refractivity (Wildman–Crippen MR) is 130 cm³/mol. The van der Waals surface area contributed by atoms with Crippen LogP contribution in [0.1, 0.15) is 36.5 Å². The third-order valence-electron chi connectivity index (χ3n) is 6.66. The number of carbonyl (C=O) groups excluding carboxylic acids is 2. The Balaban J connectivity index is 1.64. The average Bonchev–Trinajstić information content (AvgIpc) is 3.17. The molecule has 5 rings (SSSR count). The first-order valence-corrected chi connectivity index (χ1v) is 12.0. The molecule has 1 fully saturated rings. The van der Waals surface area contributed by atoms with Gasteiger partial charge in [-0.05, 0) is 6.42 Å². The first-order valence-electron chi connectivity index (χ1n) is 11.2. The summed E-state index contributed by atoms with van der Waals surface area (Å²) in [5.74, 6) is -0.553. The summed E-state index contributed by atoms with van der Waals surface area (Å²) < 4.78 is 7.23. The number of hydrogen-bond donors (Lipinski definition) is 0. The van der Waals surface area contributed by atoms with Crippen molar-refractivity contribution in [1.29, 1.82) is 0 Å². The standard InChI is InChI=1S/C28H24BrNO3/c1-2-22-24-18-23(29)25(30(24)26(22)31)27(32)33-28(19-12-6-3-7-13-19,20-14-8-4-9-15-20)21-16-10-5-11-17-21/h3-17,22,24H,2,18H2,1H3. The lowest BCUT2D eigenvalue weighted by Gasteiger charge is -2.44. The summed E-state index contributed by atoms with van der Waals surface area (Å²) in [6, 6.07) is 29.3. The minimum Gasteiger partial charge on any atom is -0.440 e. The van der Waals surface area contributed by atoms with Crippen molar-refractivity contribution in [2.75, 3.05) is 0 Å². The maximum Gasteiger partial charge on any atom is 0.357 e. The van der Waals surface area contributed by atoms with Crippen LogP contribution in [0.3, 0.4) is 0 Å². The van der Waals surface area contributed by atoms with Crippen LogP contribution in [0, 0.1) is 5.92 Å². The second kappa shape index (κ2) is 8.64. The predicted octanol–water partition coefficient (Wildman–Crippen LogP) is 5.77. The van der Waals surface area contributed by atoms with Crippen molar-refractivity contribution in [3.63, 3.8) is 0 Å². The number of esters is 1. The Morgan fingerprint density at radius 1 is 0.909 bits per heavy atom. The first-order chi connectivity index (χ1) is 16.1. The number of fused-ring (bicyclic) bond motifs is 1. The van der Waals surface area contributed by atoms with Gasteiger partial charge in [-0.2, -0.15) is 0 Å². The van der Waals surface area contributed by atoms with E-state index in [2.05, 4.69) is 15.9 Å². The fourth-order valence-electron chi connectivity index (χ4n) is 5.06. The maximum absolute atomic E-state index is 13.8. The molecule has 2 aliphatic rings. The van der Waals surface area contributed by atoms with Crippen LogP contribution in [0.25, 0.3) is 0 Å². The smallest absolute Gasteiger partial charge is 0.357 e. The highest BCUT2D eigenvalue weighted by molar-refractivity contribution is 9.11. The van der Waals surface area contributed by atoms with Gasteiger partial charge < -0.3 is 9.64 Å². The topological polar surface area (TPSA) is 46.6 Å². The fraction of sp³-hybridized carbons (Fsp3) is 0.214. The molecule has 2 atom stereocenters. The monoisotopic (exact) mass is 501 g/mol. The SMILES string of the molecule is CCC1C(=O)N2C(C(=O)OC(c3ccccc3)(c3ccccc3)c3ccccc3)=C(Br)CC12. The highest BCUT2D eigenvalue weighted by atomic mass is 79.9. The lowest BCUT2D eigenvalue weighted by Crippen LogP contribution is -2.58. The van der Waals surface area contributed by atoms with Crippen LogP contribution < -0.4 is 0 Å². The minimum absolute atomic E-state index is 0.00590. The van der Waals surface area contributed by atoms with Gasteiger partial charge in [0.25, 0.3) is 0 Å². The van der Waals surface area contributed by atoms with E-state index in [1.165, 1.54) is 0 Å². The van der Waals surface area contributed by atoms with E-state index in [-0.39, 0.29) is 17.9 Å². The second-order valence-electron chi connectivity index (χ2n) is 8.42. The number of benzene rings is 3. The maximum atomic E-state index is 13.8. The summed E-state index contributed by atoms with van der Waals surface area (Å²) >= 11 is 3.57. The molecule has 1 amide bonds. The molecule has 0 spiro atoms. The van der Waals surface area contributed by atoms with E-state index in [0.717, 1.165) is 27.6 Å². The first kappa shape index (κ1) is 21.7. The molecule has 5 heteroatoms. The molecule has 4 nitrogen and oxygen atoms in total. The number of amides is 1. The normalized spacial score (nSPS) is 19.8. The van der Waals surface area contributed by atoms with Crippen molar-refractivity contribution < 1.29 is 14.3 Å². The van der Waals surface area contributed by atoms with Gasteiger partial charge in [-0.15, -0.1) is 0 Å². The molecule has 2 aliphatic heterocycles. The number of nitrogens with zero attached hydrogens (tertiary/aromatic N) is 1. The number of halogens is 1. The van der Waals surface area contributed by atoms with E-state index >= 15 is 0 Å². The van der Waals surface area contributed by atoms with Gasteiger partial charge in [-0.3, -0.25) is 4.79 Å². The molecular weight excluding hydrogens is 478 g/mol. The van der Waals surface area contributed by atoms with Crippen molar-refractivity contribution in [3.8, 4) is 0 Å². The van der Waals surface area contributed by atoms with Crippen LogP contribution in [0.2, 0.25) is 0 Å². The summed E-state index contributed by atoms with van der Waals surface area (Å²) in [6.07, 6.45) is 1.41. The molecule has 166 valence electrons. The van der Waals surface area contributed by atoms with Crippen molar-refractivity contribution >= 4 is 27.8 Å². The van der Waals surface area contributed by atoms with Crippen molar-refractivity contribution in [2.45, 2.75) is 31.4 Å². The number of hydrogen-bond acceptors (Lipinski definition) is 3. The van der Waals surface area contributed by atoms with E-state index in [1.807, 2.05) is 97.9 Å². The minimum atomic E-state index is -1.17. The zero-order valence-electron chi connectivity index (χ0n) is 18.3. The number of carbonyl (C=O) groups is 2. The lowest BCUT2D eigenvalue weighted by atomic mass is 9.80. The molecule has 1 saturated heterocycles. The van der Waals surface area contributed by atoms with Gasteiger partial charge in [0.05, 0.1) is 12.0 Å². The summed E-state index contributed by atoms with van der Waals surface area (Å²) in [5.41, 5.74) is 1.66. The van der Waals surface area contributed by atoms with Gasteiger partial charge in [-0.1, -0.05) is 114 Å². The van der Waals surface area contributed by atoms with Gasteiger partial charge in [0, 0.05) is 27.6 Å². The lowest BCUT2D eigenvalue weighted by molar-refractivity contribution is -0.161. The van der Waals surface area contributed by atoms with Crippen LogP contribution in [-0.4, -0.2) is 22.8 Å². The largest absolute Gasteiger partial charge is 0.440 e. The van der Waals surface area contributed by atoms with E-state index < -0.39 is 11.6 Å². The van der Waals surface area contributed by atoms with Gasteiger partial charge in [-0.25, -0.2) is 4.79 Å². The second-order valence-corrected chi connectivity index (χ2v) is 9.37. The Kier molecular flexibility index (Phi) is 5.67. The van der Waals surface area contributed by atoms with E-state index in [1.54, 1.807) is 4.90 Å². The summed E-state index contributed by atoms with van der Waals surface area (Å²) in [6.45, 7) is 2.01. The number of rotatable bonds is 6. The Labute approximate surface area is 202 Å². The third kappa shape index (κ3) is 3.42. The van der Waals surface area contributed by atoms with E-state index in [4.69, 9.17) is 4.74 Å². The van der Waals surface area contributed by atoms with Crippen LogP contribution >= 0.6 is 15.9 Å². The molecule has 0 aromatic heterocycles. The quantitative estimate of drug-likeness (QED) is 0.244. The van der Waals surface area contributed by atoms with Gasteiger partial charge in [0.15, 0.2) is 5.60 Å². The Morgan fingerprint density at radius 2 is 1.36 bits per heavy atom. The summed E-state index contributed by atoms with van der Waals surface area (Å²) in [7, 11) is 0. The van der Waals surface area contributed by atoms with E-state index in [9.17, 15) is 9.59 Å². The molecule has 3 aromatic carbocycles. The van der Waals surface area contributed by atoms with Gasteiger partial charge >= 0.3 is 5.97 Å². The molecule has 0 N–H and O–H groups in total. The molecular formula is C28H24BrNO3. The van der Waals surface area contributed by atoms with Crippen LogP contribution in [0.4, 0.5) is 0 Å². The fourth-order valence-corrected chi connectivity index (χ4v) is 5.75. The summed E-state index contributed by atoms with van der Waals surface area (Å²) in [5, 5.41) is 0. The number of β-lactam (4-membered cyclic amide) rings is 1. The summed E-state index contributed by atoms with van der Waals surface area (Å²) in [4.78, 5) is 28.2. The van der Waals surface area contributed by atoms with Crippen LogP contribution in [-0.2, 0) is 19.9 Å². The van der Waals surface area contributed by atoms with Gasteiger partial charge in [0.1, 0.15) is 5.70 Å². The zero-order chi connectivity index (χ0) is 23.0. The Bertz CT molecular complexity index is 1110. The molecule has 2 heterocycles. The number of ether oxygens (including phenoxy) is 1. The van der Waals surface area contributed by atoms with Crippen LogP contribution in [0.5, 0.6) is 0 Å². The Hall–Kier alpha value is -3.18. The average molecular weight is 502 g/mol. The molecule has 0 bridgehead atoms. The van der Waals surface area contributed by atoms with Gasteiger partial charge in [0.2, 0.25) is 5.91 Å². The third-order valence-corrected chi connectivity index (χ3v) is 7.36. The molecule has 2 unspecified atom stereocenters. The van der Waals surface area contributed by atoms with E-state index in [0.29, 0.717) is 12.1 Å². The Morgan fingerprint density at radius 3 is 1.79 bits per heavy atom. The molecule has 0 aliphatic carbocycles. The molecule has 0 radical (unpaired) electrons. The molecule has 3 aromatic rings. The van der Waals surface area contributed by atoms with Crippen molar-refractivity contribution in [2.24, 2.45) is 5.92 Å². The highest BCUT2D eigenvalue weighted by Gasteiger charge is 2.55. The van der Waals surface area contributed by atoms with Crippen molar-refractivity contribution in [3.05, 3.63) is 118 Å². The van der Waals surface area contributed by atoms with Crippen LogP contribution in [0.15, 0.2) is 101 Å².